The van der Waals surface area contributed by atoms with Crippen molar-refractivity contribution in [2.24, 2.45) is 0 Å². The summed E-state index contributed by atoms with van der Waals surface area (Å²) in [6.07, 6.45) is 0. The number of rotatable bonds is 7. The molecule has 0 amide bonds. The van der Waals surface area contributed by atoms with Crippen molar-refractivity contribution in [3.63, 3.8) is 0 Å². The summed E-state index contributed by atoms with van der Waals surface area (Å²) in [5, 5.41) is 0. The van der Waals surface area contributed by atoms with E-state index in [1.54, 1.807) is 0 Å². The van der Waals surface area contributed by atoms with Crippen molar-refractivity contribution in [1.82, 2.24) is 0 Å². The third-order valence-corrected chi connectivity index (χ3v) is 3.53. The Labute approximate surface area is 142 Å². The molecule has 0 radical (unpaired) electrons. The molecule has 0 aliphatic carbocycles. The van der Waals surface area contributed by atoms with Gasteiger partial charge in [0, 0.05) is 27.3 Å². The molecule has 0 unspecified atom stereocenters. The van der Waals surface area contributed by atoms with Crippen molar-refractivity contribution in [2.75, 3.05) is 32.9 Å². The van der Waals surface area contributed by atoms with E-state index in [9.17, 15) is 4.79 Å². The van der Waals surface area contributed by atoms with Gasteiger partial charge in [-0.05, 0) is 24.1 Å². The van der Waals surface area contributed by atoms with Crippen molar-refractivity contribution < 1.29 is 19.0 Å². The highest BCUT2D eigenvalue weighted by Gasteiger charge is 2.19. The van der Waals surface area contributed by atoms with Crippen LogP contribution in [0.5, 0.6) is 5.75 Å². The van der Waals surface area contributed by atoms with Crippen LogP contribution in [0.3, 0.4) is 0 Å². The third-order valence-electron chi connectivity index (χ3n) is 3.53. The summed E-state index contributed by atoms with van der Waals surface area (Å²) in [7, 11) is 5.24. The fraction of sp³-hybridized carbons (Fsp3) is 0.316. The van der Waals surface area contributed by atoms with Crippen LogP contribution in [0.1, 0.15) is 21.5 Å². The van der Waals surface area contributed by atoms with E-state index in [0.717, 1.165) is 16.8 Å². The first-order valence-corrected chi connectivity index (χ1v) is 7.67. The van der Waals surface area contributed by atoms with Gasteiger partial charge in [0.25, 0.3) is 0 Å². The molecule has 0 aliphatic rings. The molecule has 2 rings (SSSR count). The topological polar surface area (TPSA) is 48.0 Å². The molecular formula is C19H23NO4. The number of esters is 1. The van der Waals surface area contributed by atoms with Gasteiger partial charge >= 0.3 is 5.97 Å². The zero-order chi connectivity index (χ0) is 17.5. The zero-order valence-electron chi connectivity index (χ0n) is 14.5. The Morgan fingerprint density at radius 1 is 1.12 bits per heavy atom. The van der Waals surface area contributed by atoms with E-state index in [1.165, 1.54) is 7.11 Å². The lowest BCUT2D eigenvalue weighted by molar-refractivity contribution is -0.0124. The van der Waals surface area contributed by atoms with Gasteiger partial charge in [0.2, 0.25) is 0 Å². The second-order valence-electron chi connectivity index (χ2n) is 5.64. The Morgan fingerprint density at radius 3 is 2.46 bits per heavy atom. The monoisotopic (exact) mass is 329 g/mol. The summed E-state index contributed by atoms with van der Waals surface area (Å²) in [6.45, 7) is 2.27. The van der Waals surface area contributed by atoms with Crippen LogP contribution in [0.25, 0.3) is 0 Å². The fourth-order valence-electron chi connectivity index (χ4n) is 2.36. The lowest BCUT2D eigenvalue weighted by Gasteiger charge is -2.20. The smallest absolute Gasteiger partial charge is 0.342 e. The Balaban J connectivity index is 2.24. The summed E-state index contributed by atoms with van der Waals surface area (Å²) >= 11 is 0. The highest BCUT2D eigenvalue weighted by atomic mass is 16.7. The molecule has 0 aliphatic heterocycles. The van der Waals surface area contributed by atoms with Gasteiger partial charge in [0.15, 0.2) is 6.79 Å². The maximum atomic E-state index is 12.3. The van der Waals surface area contributed by atoms with E-state index in [0.29, 0.717) is 17.9 Å². The molecule has 2 aromatic rings. The largest absolute Gasteiger partial charge is 0.489 e. The number of methoxy groups -OCH3 is 1. The van der Waals surface area contributed by atoms with E-state index < -0.39 is 5.97 Å². The Hall–Kier alpha value is -2.53. The minimum Gasteiger partial charge on any atom is -0.489 e. The Kier molecular flexibility index (Phi) is 6.21. The molecular weight excluding hydrogens is 306 g/mol. The maximum absolute atomic E-state index is 12.3. The summed E-state index contributed by atoms with van der Waals surface area (Å²) in [4.78, 5) is 14.1. The number of ether oxygens (including phenoxy) is 3. The standard InChI is InChI=1S/C19H23NO4/c1-14-10-16(23-12-15-8-6-5-7-9-15)11-17(20(2)3)18(14)19(21)24-13-22-4/h5-11H,12-13H2,1-4H3. The average Bonchev–Trinajstić information content (AvgIpc) is 2.58. The first-order valence-electron chi connectivity index (χ1n) is 7.67. The van der Waals surface area contributed by atoms with E-state index in [-0.39, 0.29) is 6.79 Å². The summed E-state index contributed by atoms with van der Waals surface area (Å²) in [5.74, 6) is 0.302. The van der Waals surface area contributed by atoms with Crippen molar-refractivity contribution in [3.8, 4) is 5.75 Å². The molecule has 0 saturated carbocycles. The lowest BCUT2D eigenvalue weighted by atomic mass is 10.1. The van der Waals surface area contributed by atoms with Crippen LogP contribution < -0.4 is 9.64 Å². The minimum absolute atomic E-state index is 0.0720. The number of anilines is 1. The Bertz CT molecular complexity index is 683. The van der Waals surface area contributed by atoms with Crippen LogP contribution >= 0.6 is 0 Å². The number of carbonyl (C=O) groups excluding carboxylic acids is 1. The van der Waals surface area contributed by atoms with Crippen LogP contribution in [-0.2, 0) is 16.1 Å². The molecule has 24 heavy (non-hydrogen) atoms. The molecule has 0 atom stereocenters. The van der Waals surface area contributed by atoms with Crippen molar-refractivity contribution in [3.05, 3.63) is 59.2 Å². The number of nitrogens with zero attached hydrogens (tertiary/aromatic N) is 1. The predicted octanol–water partition coefficient (Wildman–Crippen LogP) is 3.40. The van der Waals surface area contributed by atoms with Crippen molar-refractivity contribution in [2.45, 2.75) is 13.5 Å². The van der Waals surface area contributed by atoms with Gasteiger partial charge in [-0.1, -0.05) is 30.3 Å². The minimum atomic E-state index is -0.410. The average molecular weight is 329 g/mol. The normalized spacial score (nSPS) is 10.3. The molecule has 2 aromatic carbocycles. The molecule has 5 heteroatoms. The second-order valence-corrected chi connectivity index (χ2v) is 5.64. The number of hydrogen-bond acceptors (Lipinski definition) is 5. The van der Waals surface area contributed by atoms with E-state index in [2.05, 4.69) is 0 Å². The first kappa shape index (κ1) is 17.8. The molecule has 0 N–H and O–H groups in total. The van der Waals surface area contributed by atoms with E-state index in [4.69, 9.17) is 14.2 Å². The van der Waals surface area contributed by atoms with Crippen molar-refractivity contribution in [1.29, 1.82) is 0 Å². The summed E-state index contributed by atoms with van der Waals surface area (Å²) in [6, 6.07) is 13.6. The molecule has 128 valence electrons. The maximum Gasteiger partial charge on any atom is 0.342 e. The molecule has 0 bridgehead atoms. The van der Waals surface area contributed by atoms with Gasteiger partial charge in [-0.2, -0.15) is 0 Å². The molecule has 0 aromatic heterocycles. The highest BCUT2D eigenvalue weighted by molar-refractivity contribution is 5.97. The van der Waals surface area contributed by atoms with Gasteiger partial charge in [-0.25, -0.2) is 4.79 Å². The molecule has 5 nitrogen and oxygen atoms in total. The van der Waals surface area contributed by atoms with Gasteiger partial charge in [0.1, 0.15) is 12.4 Å². The van der Waals surface area contributed by atoms with Crippen LogP contribution in [-0.4, -0.2) is 34.0 Å². The summed E-state index contributed by atoms with van der Waals surface area (Å²) < 4.78 is 15.8. The van der Waals surface area contributed by atoms with Gasteiger partial charge in [-0.3, -0.25) is 0 Å². The number of benzene rings is 2. The van der Waals surface area contributed by atoms with Crippen LogP contribution in [0.2, 0.25) is 0 Å². The highest BCUT2D eigenvalue weighted by Crippen LogP contribution is 2.29. The van der Waals surface area contributed by atoms with Crippen LogP contribution in [0.15, 0.2) is 42.5 Å². The number of hydrogen-bond donors (Lipinski definition) is 0. The van der Waals surface area contributed by atoms with Crippen molar-refractivity contribution >= 4 is 11.7 Å². The van der Waals surface area contributed by atoms with Crippen LogP contribution in [0.4, 0.5) is 5.69 Å². The lowest BCUT2D eigenvalue weighted by Crippen LogP contribution is -2.17. The molecule has 0 fully saturated rings. The second kappa shape index (κ2) is 8.36. The van der Waals surface area contributed by atoms with Gasteiger partial charge in [-0.15, -0.1) is 0 Å². The third kappa shape index (κ3) is 4.49. The fourth-order valence-corrected chi connectivity index (χ4v) is 2.36. The van der Waals surface area contributed by atoms with Crippen LogP contribution in [0, 0.1) is 6.92 Å². The quantitative estimate of drug-likeness (QED) is 0.575. The number of carbonyl (C=O) groups is 1. The number of aryl methyl sites for hydroxylation is 1. The first-order chi connectivity index (χ1) is 11.5. The zero-order valence-corrected chi connectivity index (χ0v) is 14.5. The Morgan fingerprint density at radius 2 is 1.83 bits per heavy atom. The summed E-state index contributed by atoms with van der Waals surface area (Å²) in [5.41, 5.74) is 3.15. The van der Waals surface area contributed by atoms with Gasteiger partial charge in [0.05, 0.1) is 11.3 Å². The SMILES string of the molecule is COCOC(=O)c1c(C)cc(OCc2ccccc2)cc1N(C)C. The molecule has 0 spiro atoms. The van der Waals surface area contributed by atoms with Gasteiger partial charge < -0.3 is 19.1 Å². The van der Waals surface area contributed by atoms with E-state index in [1.807, 2.05) is 68.4 Å². The molecule has 0 saturated heterocycles. The predicted molar refractivity (Wildman–Crippen MR) is 93.6 cm³/mol. The molecule has 0 heterocycles. The van der Waals surface area contributed by atoms with E-state index >= 15 is 0 Å².